The number of fused-ring (bicyclic) bond motifs is 1. The molecule has 1 aliphatic carbocycles. The Morgan fingerprint density at radius 2 is 2.04 bits per heavy atom. The Bertz CT molecular complexity index is 738. The van der Waals surface area contributed by atoms with Gasteiger partial charge >= 0.3 is 5.97 Å². The van der Waals surface area contributed by atoms with Gasteiger partial charge in [0, 0.05) is 12.5 Å². The van der Waals surface area contributed by atoms with Crippen molar-refractivity contribution in [2.45, 2.75) is 39.2 Å². The van der Waals surface area contributed by atoms with Gasteiger partial charge in [0.15, 0.2) is 0 Å². The predicted octanol–water partition coefficient (Wildman–Crippen LogP) is 2.89. The van der Waals surface area contributed by atoms with Crippen molar-refractivity contribution in [3.63, 3.8) is 0 Å². The summed E-state index contributed by atoms with van der Waals surface area (Å²) >= 11 is 0. The molecule has 2 atom stereocenters. The van der Waals surface area contributed by atoms with Gasteiger partial charge in [-0.15, -0.1) is 0 Å². The van der Waals surface area contributed by atoms with Gasteiger partial charge < -0.3 is 9.67 Å². The molecule has 122 valence electrons. The Balaban J connectivity index is 1.79. The van der Waals surface area contributed by atoms with Crippen molar-refractivity contribution in [1.82, 2.24) is 9.55 Å². The number of hydrogen-bond donors (Lipinski definition) is 2. The number of carbonyl (C=O) groups excluding carboxylic acids is 1. The van der Waals surface area contributed by atoms with Gasteiger partial charge in [-0.2, -0.15) is 0 Å². The number of carboxylic acids is 1. The molecule has 2 N–H and O–H groups in total. The van der Waals surface area contributed by atoms with E-state index >= 15 is 0 Å². The van der Waals surface area contributed by atoms with E-state index in [9.17, 15) is 9.59 Å². The summed E-state index contributed by atoms with van der Waals surface area (Å²) in [6, 6.07) is 7.75. The number of aliphatic carboxylic acids is 1. The maximum absolute atomic E-state index is 12.5. The van der Waals surface area contributed by atoms with E-state index in [0.717, 1.165) is 23.9 Å². The molecule has 0 aliphatic heterocycles. The normalized spacial score (nSPS) is 21.3. The standard InChI is InChI=1S/C17H21N3O3/c1-2-20-14-9-4-3-8-13(14)18-17(20)19-15(21)11-6-5-7-12(10-11)16(22)23/h3-4,8-9,11-12H,2,5-7,10H2,1H3,(H,22,23)(H,18,19,21). The molecule has 1 aromatic carbocycles. The lowest BCUT2D eigenvalue weighted by atomic mass is 9.81. The van der Waals surface area contributed by atoms with Crippen LogP contribution < -0.4 is 5.32 Å². The van der Waals surface area contributed by atoms with E-state index in [1.165, 1.54) is 0 Å². The highest BCUT2D eigenvalue weighted by molar-refractivity contribution is 5.93. The fourth-order valence-corrected chi connectivity index (χ4v) is 3.36. The first kappa shape index (κ1) is 15.5. The van der Waals surface area contributed by atoms with Crippen LogP contribution in [-0.2, 0) is 16.1 Å². The third-order valence-electron chi connectivity index (χ3n) is 4.60. The molecule has 0 saturated heterocycles. The third kappa shape index (κ3) is 3.06. The number of rotatable bonds is 4. The number of amides is 1. The largest absolute Gasteiger partial charge is 0.481 e. The molecule has 1 fully saturated rings. The maximum Gasteiger partial charge on any atom is 0.306 e. The highest BCUT2D eigenvalue weighted by atomic mass is 16.4. The van der Waals surface area contributed by atoms with Crippen molar-refractivity contribution in [3.05, 3.63) is 24.3 Å². The zero-order valence-corrected chi connectivity index (χ0v) is 13.2. The van der Waals surface area contributed by atoms with Gasteiger partial charge in [0.25, 0.3) is 0 Å². The van der Waals surface area contributed by atoms with Crippen LogP contribution in [0.15, 0.2) is 24.3 Å². The minimum atomic E-state index is -0.803. The molecule has 6 heteroatoms. The number of anilines is 1. The molecule has 6 nitrogen and oxygen atoms in total. The van der Waals surface area contributed by atoms with E-state index in [1.807, 2.05) is 35.8 Å². The van der Waals surface area contributed by atoms with Crippen LogP contribution in [0, 0.1) is 11.8 Å². The number of nitrogens with one attached hydrogen (secondary N) is 1. The fraction of sp³-hybridized carbons (Fsp3) is 0.471. The number of benzene rings is 1. The number of carboxylic acid groups (broad SMARTS) is 1. The van der Waals surface area contributed by atoms with Crippen LogP contribution in [0.3, 0.4) is 0 Å². The number of hydrogen-bond acceptors (Lipinski definition) is 3. The molecule has 1 saturated carbocycles. The second-order valence-electron chi connectivity index (χ2n) is 6.06. The molecule has 0 bridgehead atoms. The molecule has 23 heavy (non-hydrogen) atoms. The Kier molecular flexibility index (Phi) is 4.32. The van der Waals surface area contributed by atoms with E-state index in [2.05, 4.69) is 10.3 Å². The van der Waals surface area contributed by atoms with Crippen LogP contribution in [0.1, 0.15) is 32.6 Å². The van der Waals surface area contributed by atoms with Crippen molar-refractivity contribution in [2.24, 2.45) is 11.8 Å². The van der Waals surface area contributed by atoms with E-state index in [-0.39, 0.29) is 11.8 Å². The molecule has 2 aromatic rings. The Morgan fingerprint density at radius 3 is 2.78 bits per heavy atom. The van der Waals surface area contributed by atoms with Crippen LogP contribution in [0.4, 0.5) is 5.95 Å². The van der Waals surface area contributed by atoms with Crippen molar-refractivity contribution < 1.29 is 14.7 Å². The zero-order chi connectivity index (χ0) is 16.4. The Morgan fingerprint density at radius 1 is 1.30 bits per heavy atom. The summed E-state index contributed by atoms with van der Waals surface area (Å²) in [4.78, 5) is 28.2. The Labute approximate surface area is 134 Å². The van der Waals surface area contributed by atoms with E-state index in [4.69, 9.17) is 5.11 Å². The molecular weight excluding hydrogens is 294 g/mol. The number of aromatic nitrogens is 2. The van der Waals surface area contributed by atoms with Crippen molar-refractivity contribution in [2.75, 3.05) is 5.32 Å². The van der Waals surface area contributed by atoms with E-state index in [0.29, 0.717) is 25.3 Å². The average molecular weight is 315 g/mol. The first-order chi connectivity index (χ1) is 11.1. The van der Waals surface area contributed by atoms with Crippen LogP contribution in [-0.4, -0.2) is 26.5 Å². The fourth-order valence-electron chi connectivity index (χ4n) is 3.36. The van der Waals surface area contributed by atoms with Gasteiger partial charge in [0.2, 0.25) is 11.9 Å². The molecule has 1 aliphatic rings. The lowest BCUT2D eigenvalue weighted by Crippen LogP contribution is -2.31. The quantitative estimate of drug-likeness (QED) is 0.908. The SMILES string of the molecule is CCn1c(NC(=O)C2CCCC(C(=O)O)C2)nc2ccccc21. The number of carbonyl (C=O) groups is 2. The minimum absolute atomic E-state index is 0.124. The second kappa shape index (κ2) is 6.40. The summed E-state index contributed by atoms with van der Waals surface area (Å²) in [6.45, 7) is 2.71. The van der Waals surface area contributed by atoms with Gasteiger partial charge in [0.05, 0.1) is 17.0 Å². The third-order valence-corrected chi connectivity index (χ3v) is 4.60. The zero-order valence-electron chi connectivity index (χ0n) is 13.2. The molecule has 2 unspecified atom stereocenters. The van der Waals surface area contributed by atoms with Crippen molar-refractivity contribution in [1.29, 1.82) is 0 Å². The van der Waals surface area contributed by atoms with Gasteiger partial charge in [-0.05, 0) is 38.3 Å². The summed E-state index contributed by atoms with van der Waals surface area (Å²) in [6.07, 6.45) is 2.58. The van der Waals surface area contributed by atoms with Crippen LogP contribution in [0.25, 0.3) is 11.0 Å². The summed E-state index contributed by atoms with van der Waals surface area (Å²) in [5.74, 6) is -1.06. The highest BCUT2D eigenvalue weighted by Gasteiger charge is 2.31. The molecule has 1 aromatic heterocycles. The molecule has 0 radical (unpaired) electrons. The van der Waals surface area contributed by atoms with E-state index < -0.39 is 11.9 Å². The van der Waals surface area contributed by atoms with Gasteiger partial charge in [-0.3, -0.25) is 14.9 Å². The molecule has 1 amide bonds. The number of nitrogens with zero attached hydrogens (tertiary/aromatic N) is 2. The first-order valence-electron chi connectivity index (χ1n) is 8.09. The molecule has 1 heterocycles. The second-order valence-corrected chi connectivity index (χ2v) is 6.06. The van der Waals surface area contributed by atoms with E-state index in [1.54, 1.807) is 0 Å². The summed E-state index contributed by atoms with van der Waals surface area (Å²) in [5.41, 5.74) is 1.83. The minimum Gasteiger partial charge on any atom is -0.481 e. The smallest absolute Gasteiger partial charge is 0.306 e. The number of imidazole rings is 1. The van der Waals surface area contributed by atoms with Gasteiger partial charge in [0.1, 0.15) is 0 Å². The van der Waals surface area contributed by atoms with Crippen LogP contribution in [0.2, 0.25) is 0 Å². The molecule has 3 rings (SSSR count). The Hall–Kier alpha value is -2.37. The summed E-state index contributed by atoms with van der Waals surface area (Å²) in [5, 5.41) is 12.1. The number of aryl methyl sites for hydroxylation is 1. The van der Waals surface area contributed by atoms with Gasteiger partial charge in [-0.25, -0.2) is 4.98 Å². The summed E-state index contributed by atoms with van der Waals surface area (Å²) < 4.78 is 1.96. The summed E-state index contributed by atoms with van der Waals surface area (Å²) in [7, 11) is 0. The van der Waals surface area contributed by atoms with Crippen molar-refractivity contribution in [3.8, 4) is 0 Å². The first-order valence-corrected chi connectivity index (χ1v) is 8.09. The van der Waals surface area contributed by atoms with Crippen LogP contribution in [0.5, 0.6) is 0 Å². The molecular formula is C17H21N3O3. The van der Waals surface area contributed by atoms with Gasteiger partial charge in [-0.1, -0.05) is 18.6 Å². The lowest BCUT2D eigenvalue weighted by molar-refractivity contribution is -0.143. The average Bonchev–Trinajstić information content (AvgIpc) is 2.91. The number of para-hydroxylation sites is 2. The predicted molar refractivity (Wildman–Crippen MR) is 87.1 cm³/mol. The maximum atomic E-state index is 12.5. The molecule has 0 spiro atoms. The van der Waals surface area contributed by atoms with Crippen LogP contribution >= 0.6 is 0 Å². The van der Waals surface area contributed by atoms with Crippen molar-refractivity contribution >= 4 is 28.9 Å². The lowest BCUT2D eigenvalue weighted by Gasteiger charge is -2.25. The monoisotopic (exact) mass is 315 g/mol. The highest BCUT2D eigenvalue weighted by Crippen LogP contribution is 2.30. The topological polar surface area (TPSA) is 84.2 Å².